The van der Waals surface area contributed by atoms with Gasteiger partial charge in [-0.3, -0.25) is 0 Å². The van der Waals surface area contributed by atoms with Crippen LogP contribution in [0.2, 0.25) is 0 Å². The summed E-state index contributed by atoms with van der Waals surface area (Å²) in [5, 5.41) is 3.44. The highest BCUT2D eigenvalue weighted by molar-refractivity contribution is 5.30. The maximum atomic E-state index is 4.14. The van der Waals surface area contributed by atoms with E-state index in [1.54, 1.807) is 0 Å². The van der Waals surface area contributed by atoms with Crippen LogP contribution in [0.1, 0.15) is 34.2 Å². The topological polar surface area (TPSA) is 12.0 Å². The van der Waals surface area contributed by atoms with Crippen molar-refractivity contribution in [2.45, 2.75) is 40.2 Å². The molecule has 0 heterocycles. The molecular formula is C20H25N. The van der Waals surface area contributed by atoms with Crippen LogP contribution in [-0.4, -0.2) is 0 Å². The Labute approximate surface area is 128 Å². The van der Waals surface area contributed by atoms with Gasteiger partial charge in [0.1, 0.15) is 0 Å². The highest BCUT2D eigenvalue weighted by atomic mass is 14.9. The Morgan fingerprint density at radius 1 is 0.952 bits per heavy atom. The molecule has 0 bridgehead atoms. The molecule has 0 unspecified atom stereocenters. The second-order valence-corrected chi connectivity index (χ2v) is 5.86. The standard InChI is InChI=1S/C20H25N/c1-15-6-5-7-19(12-15)11-9-18(4)21-14-20-10-8-16(2)17(3)13-20/h5-8,10,12-13,21H,4,9,11,14H2,1-3H3. The second-order valence-electron chi connectivity index (χ2n) is 5.86. The molecule has 0 atom stereocenters. The minimum Gasteiger partial charge on any atom is -0.385 e. The highest BCUT2D eigenvalue weighted by Crippen LogP contribution is 2.12. The van der Waals surface area contributed by atoms with Crippen molar-refractivity contribution >= 4 is 0 Å². The van der Waals surface area contributed by atoms with Gasteiger partial charge in [-0.05, 0) is 55.9 Å². The Morgan fingerprint density at radius 2 is 1.76 bits per heavy atom. The molecule has 0 spiro atoms. The van der Waals surface area contributed by atoms with Gasteiger partial charge in [0.25, 0.3) is 0 Å². The Bertz CT molecular complexity index is 625. The van der Waals surface area contributed by atoms with Gasteiger partial charge in [-0.1, -0.05) is 54.6 Å². The first-order chi connectivity index (χ1) is 10.0. The Kier molecular flexibility index (Phi) is 5.21. The zero-order valence-electron chi connectivity index (χ0n) is 13.4. The van der Waals surface area contributed by atoms with Gasteiger partial charge < -0.3 is 5.32 Å². The summed E-state index contributed by atoms with van der Waals surface area (Å²) in [6, 6.07) is 15.3. The van der Waals surface area contributed by atoms with Crippen molar-refractivity contribution in [1.29, 1.82) is 0 Å². The van der Waals surface area contributed by atoms with E-state index < -0.39 is 0 Å². The lowest BCUT2D eigenvalue weighted by Crippen LogP contribution is -2.12. The maximum absolute atomic E-state index is 4.14. The smallest absolute Gasteiger partial charge is 0.0397 e. The predicted molar refractivity (Wildman–Crippen MR) is 91.4 cm³/mol. The number of nitrogens with one attached hydrogen (secondary N) is 1. The number of hydrogen-bond donors (Lipinski definition) is 1. The van der Waals surface area contributed by atoms with Gasteiger partial charge in [0.2, 0.25) is 0 Å². The van der Waals surface area contributed by atoms with Crippen molar-refractivity contribution in [2.24, 2.45) is 0 Å². The summed E-state index contributed by atoms with van der Waals surface area (Å²) in [4.78, 5) is 0. The van der Waals surface area contributed by atoms with Crippen molar-refractivity contribution in [2.75, 3.05) is 0 Å². The van der Waals surface area contributed by atoms with Crippen molar-refractivity contribution in [3.8, 4) is 0 Å². The molecule has 0 saturated carbocycles. The van der Waals surface area contributed by atoms with Crippen LogP contribution >= 0.6 is 0 Å². The summed E-state index contributed by atoms with van der Waals surface area (Å²) in [6.07, 6.45) is 2.02. The Morgan fingerprint density at radius 3 is 2.48 bits per heavy atom. The Balaban J connectivity index is 1.80. The molecular weight excluding hydrogens is 254 g/mol. The molecule has 1 heteroatoms. The molecule has 0 aliphatic rings. The fraction of sp³-hybridized carbons (Fsp3) is 0.300. The molecule has 1 nitrogen and oxygen atoms in total. The van der Waals surface area contributed by atoms with Crippen molar-refractivity contribution in [3.63, 3.8) is 0 Å². The molecule has 0 aliphatic heterocycles. The fourth-order valence-corrected chi connectivity index (χ4v) is 2.39. The van der Waals surface area contributed by atoms with Gasteiger partial charge in [0.15, 0.2) is 0 Å². The lowest BCUT2D eigenvalue weighted by atomic mass is 10.1. The first-order valence-corrected chi connectivity index (χ1v) is 7.58. The molecule has 2 rings (SSSR count). The lowest BCUT2D eigenvalue weighted by Gasteiger charge is -2.11. The summed E-state index contributed by atoms with van der Waals surface area (Å²) in [6.45, 7) is 11.4. The summed E-state index contributed by atoms with van der Waals surface area (Å²) in [5.74, 6) is 0. The average Bonchev–Trinajstić information content (AvgIpc) is 2.46. The monoisotopic (exact) mass is 279 g/mol. The van der Waals surface area contributed by atoms with Crippen molar-refractivity contribution < 1.29 is 0 Å². The molecule has 1 N–H and O–H groups in total. The molecule has 0 aromatic heterocycles. The van der Waals surface area contributed by atoms with E-state index in [-0.39, 0.29) is 0 Å². The van der Waals surface area contributed by atoms with Gasteiger partial charge in [-0.2, -0.15) is 0 Å². The first-order valence-electron chi connectivity index (χ1n) is 7.58. The van der Waals surface area contributed by atoms with Crippen molar-refractivity contribution in [1.82, 2.24) is 5.32 Å². The molecule has 21 heavy (non-hydrogen) atoms. The zero-order chi connectivity index (χ0) is 15.2. The lowest BCUT2D eigenvalue weighted by molar-refractivity contribution is 0.749. The van der Waals surface area contributed by atoms with Gasteiger partial charge in [0, 0.05) is 12.2 Å². The van der Waals surface area contributed by atoms with Crippen molar-refractivity contribution in [3.05, 3.63) is 82.6 Å². The molecule has 0 radical (unpaired) electrons. The summed E-state index contributed by atoms with van der Waals surface area (Å²) >= 11 is 0. The summed E-state index contributed by atoms with van der Waals surface area (Å²) in [7, 11) is 0. The summed E-state index contributed by atoms with van der Waals surface area (Å²) in [5.41, 5.74) is 7.81. The maximum Gasteiger partial charge on any atom is 0.0397 e. The van der Waals surface area contributed by atoms with E-state index in [1.165, 1.54) is 27.8 Å². The quantitative estimate of drug-likeness (QED) is 0.797. The zero-order valence-corrected chi connectivity index (χ0v) is 13.4. The van der Waals surface area contributed by atoms with Crippen LogP contribution in [0.5, 0.6) is 0 Å². The molecule has 0 amide bonds. The third-order valence-electron chi connectivity index (χ3n) is 3.91. The van der Waals surface area contributed by atoms with E-state index in [2.05, 4.69) is 75.1 Å². The third kappa shape index (κ3) is 4.78. The van der Waals surface area contributed by atoms with Crippen LogP contribution < -0.4 is 5.32 Å². The third-order valence-corrected chi connectivity index (χ3v) is 3.91. The molecule has 2 aromatic rings. The second kappa shape index (κ2) is 7.12. The van der Waals surface area contributed by atoms with Gasteiger partial charge >= 0.3 is 0 Å². The van der Waals surface area contributed by atoms with Crippen LogP contribution in [-0.2, 0) is 13.0 Å². The van der Waals surface area contributed by atoms with Crippen LogP contribution in [0, 0.1) is 20.8 Å². The number of allylic oxidation sites excluding steroid dienone is 1. The van der Waals surface area contributed by atoms with Gasteiger partial charge in [0.05, 0.1) is 0 Å². The minimum absolute atomic E-state index is 0.855. The largest absolute Gasteiger partial charge is 0.385 e. The fourth-order valence-electron chi connectivity index (χ4n) is 2.39. The van der Waals surface area contributed by atoms with E-state index in [1.807, 2.05) is 0 Å². The van der Waals surface area contributed by atoms with E-state index in [9.17, 15) is 0 Å². The van der Waals surface area contributed by atoms with E-state index in [4.69, 9.17) is 0 Å². The van der Waals surface area contributed by atoms with Crippen LogP contribution in [0.25, 0.3) is 0 Å². The van der Waals surface area contributed by atoms with E-state index >= 15 is 0 Å². The number of hydrogen-bond acceptors (Lipinski definition) is 1. The van der Waals surface area contributed by atoms with Gasteiger partial charge in [-0.25, -0.2) is 0 Å². The molecule has 0 saturated heterocycles. The van der Waals surface area contributed by atoms with E-state index in [0.29, 0.717) is 0 Å². The predicted octanol–water partition coefficient (Wildman–Crippen LogP) is 4.85. The van der Waals surface area contributed by atoms with Crippen LogP contribution in [0.15, 0.2) is 54.7 Å². The molecule has 0 fully saturated rings. The number of benzene rings is 2. The van der Waals surface area contributed by atoms with E-state index in [0.717, 1.165) is 25.1 Å². The molecule has 0 aliphatic carbocycles. The highest BCUT2D eigenvalue weighted by Gasteiger charge is 1.99. The Hall–Kier alpha value is -2.02. The summed E-state index contributed by atoms with van der Waals surface area (Å²) < 4.78 is 0. The van der Waals surface area contributed by atoms with Gasteiger partial charge in [-0.15, -0.1) is 0 Å². The number of rotatable bonds is 6. The normalized spacial score (nSPS) is 10.4. The van der Waals surface area contributed by atoms with Crippen LogP contribution in [0.4, 0.5) is 0 Å². The molecule has 2 aromatic carbocycles. The minimum atomic E-state index is 0.855. The number of aryl methyl sites for hydroxylation is 4. The molecule has 110 valence electrons. The SMILES string of the molecule is C=C(CCc1cccc(C)c1)NCc1ccc(C)c(C)c1. The average molecular weight is 279 g/mol. The van der Waals surface area contributed by atoms with Crippen LogP contribution in [0.3, 0.4) is 0 Å². The first kappa shape index (κ1) is 15.4.